The molecule has 0 fully saturated rings. The third kappa shape index (κ3) is 4.33. The van der Waals surface area contributed by atoms with Crippen molar-refractivity contribution in [2.45, 2.75) is 18.9 Å². The van der Waals surface area contributed by atoms with E-state index in [2.05, 4.69) is 5.32 Å². The third-order valence-corrected chi connectivity index (χ3v) is 3.67. The minimum atomic E-state index is -0.819. The number of primary amides is 1. The Morgan fingerprint density at radius 1 is 1.05 bits per heavy atom. The minimum Gasteiger partial charge on any atom is -0.368 e. The molecule has 22 heavy (non-hydrogen) atoms. The maximum absolute atomic E-state index is 12.1. The van der Waals surface area contributed by atoms with Gasteiger partial charge in [-0.25, -0.2) is 0 Å². The van der Waals surface area contributed by atoms with E-state index in [-0.39, 0.29) is 12.3 Å². The highest BCUT2D eigenvalue weighted by molar-refractivity contribution is 6.31. The van der Waals surface area contributed by atoms with E-state index in [1.54, 1.807) is 30.3 Å². The second-order valence-corrected chi connectivity index (χ2v) is 5.31. The number of hydrogen-bond donors (Lipinski definition) is 2. The Kier molecular flexibility index (Phi) is 5.55. The van der Waals surface area contributed by atoms with E-state index in [0.29, 0.717) is 17.0 Å². The molecule has 0 aromatic heterocycles. The minimum absolute atomic E-state index is 0.236. The fourth-order valence-corrected chi connectivity index (χ4v) is 2.38. The van der Waals surface area contributed by atoms with Crippen molar-refractivity contribution in [1.29, 1.82) is 0 Å². The summed E-state index contributed by atoms with van der Waals surface area (Å²) in [7, 11) is 0. The zero-order valence-electron chi connectivity index (χ0n) is 12.0. The molecular formula is C17H17ClN2O2. The van der Waals surface area contributed by atoms with Crippen molar-refractivity contribution in [3.63, 3.8) is 0 Å². The number of carbonyl (C=O) groups is 2. The fraction of sp³-hybridized carbons (Fsp3) is 0.176. The topological polar surface area (TPSA) is 72.2 Å². The molecule has 0 aliphatic carbocycles. The fourth-order valence-electron chi connectivity index (χ4n) is 2.15. The van der Waals surface area contributed by atoms with E-state index in [4.69, 9.17) is 17.3 Å². The summed E-state index contributed by atoms with van der Waals surface area (Å²) >= 11 is 6.05. The zero-order chi connectivity index (χ0) is 15.9. The number of nitrogens with two attached hydrogens (primary N) is 1. The Bertz CT molecular complexity index is 659. The Balaban J connectivity index is 1.98. The summed E-state index contributed by atoms with van der Waals surface area (Å²) in [5.41, 5.74) is 6.94. The third-order valence-electron chi connectivity index (χ3n) is 3.30. The molecule has 0 radical (unpaired) electrons. The van der Waals surface area contributed by atoms with Crippen molar-refractivity contribution in [2.75, 3.05) is 0 Å². The Morgan fingerprint density at radius 3 is 2.32 bits per heavy atom. The number of benzene rings is 2. The molecule has 1 atom stereocenters. The van der Waals surface area contributed by atoms with E-state index in [1.165, 1.54) is 0 Å². The summed E-state index contributed by atoms with van der Waals surface area (Å²) in [4.78, 5) is 23.6. The molecule has 2 rings (SSSR count). The molecule has 0 heterocycles. The van der Waals surface area contributed by atoms with Gasteiger partial charge in [0.1, 0.15) is 6.04 Å². The molecule has 2 amide bonds. The average Bonchev–Trinajstić information content (AvgIpc) is 2.52. The first-order valence-corrected chi connectivity index (χ1v) is 7.33. The number of hydrogen-bond acceptors (Lipinski definition) is 2. The van der Waals surface area contributed by atoms with Gasteiger partial charge in [0.05, 0.1) is 0 Å². The van der Waals surface area contributed by atoms with Crippen molar-refractivity contribution < 1.29 is 9.59 Å². The van der Waals surface area contributed by atoms with Crippen LogP contribution in [-0.2, 0) is 16.0 Å². The van der Waals surface area contributed by atoms with Gasteiger partial charge >= 0.3 is 0 Å². The second kappa shape index (κ2) is 7.61. The van der Waals surface area contributed by atoms with Gasteiger partial charge in [-0.1, -0.05) is 60.1 Å². The predicted octanol–water partition coefficient (Wildman–Crippen LogP) is 2.62. The van der Waals surface area contributed by atoms with Crippen LogP contribution >= 0.6 is 11.6 Å². The zero-order valence-corrected chi connectivity index (χ0v) is 12.7. The molecule has 0 bridgehead atoms. The van der Waals surface area contributed by atoms with E-state index in [0.717, 1.165) is 5.56 Å². The molecule has 2 aromatic carbocycles. The largest absolute Gasteiger partial charge is 0.368 e. The van der Waals surface area contributed by atoms with Crippen LogP contribution in [0.25, 0.3) is 0 Å². The Labute approximate surface area is 134 Å². The number of nitrogens with one attached hydrogen (secondary N) is 1. The first-order chi connectivity index (χ1) is 10.6. The molecular weight excluding hydrogens is 300 g/mol. The predicted molar refractivity (Wildman–Crippen MR) is 86.3 cm³/mol. The highest BCUT2D eigenvalue weighted by atomic mass is 35.5. The lowest BCUT2D eigenvalue weighted by Gasteiger charge is -2.16. The van der Waals surface area contributed by atoms with Crippen LogP contribution in [0.4, 0.5) is 0 Å². The quantitative estimate of drug-likeness (QED) is 0.860. The highest BCUT2D eigenvalue weighted by Gasteiger charge is 2.19. The van der Waals surface area contributed by atoms with Gasteiger partial charge in [-0.2, -0.15) is 0 Å². The van der Waals surface area contributed by atoms with Crippen LogP contribution in [0.15, 0.2) is 54.6 Å². The van der Waals surface area contributed by atoms with Crippen LogP contribution in [0.5, 0.6) is 0 Å². The second-order valence-electron chi connectivity index (χ2n) is 4.90. The van der Waals surface area contributed by atoms with Crippen LogP contribution in [0.1, 0.15) is 23.6 Å². The van der Waals surface area contributed by atoms with Crippen LogP contribution in [0.2, 0.25) is 5.02 Å². The summed E-state index contributed by atoms with van der Waals surface area (Å²) in [5.74, 6) is -0.829. The first kappa shape index (κ1) is 16.0. The van der Waals surface area contributed by atoms with Crippen molar-refractivity contribution in [3.05, 3.63) is 70.7 Å². The maximum Gasteiger partial charge on any atom is 0.244 e. The van der Waals surface area contributed by atoms with Crippen LogP contribution < -0.4 is 11.1 Å². The number of amides is 2. The summed E-state index contributed by atoms with van der Waals surface area (Å²) in [6.07, 6.45) is 0.742. The van der Waals surface area contributed by atoms with Crippen LogP contribution in [0, 0.1) is 0 Å². The molecule has 0 saturated carbocycles. The van der Waals surface area contributed by atoms with Crippen LogP contribution in [0.3, 0.4) is 0 Å². The highest BCUT2D eigenvalue weighted by Crippen LogP contribution is 2.17. The Hall–Kier alpha value is -2.33. The summed E-state index contributed by atoms with van der Waals surface area (Å²) in [6, 6.07) is 15.5. The molecule has 1 unspecified atom stereocenters. The molecule has 2 aromatic rings. The molecule has 4 nitrogen and oxygen atoms in total. The number of carbonyl (C=O) groups excluding carboxylic acids is 2. The van der Waals surface area contributed by atoms with E-state index >= 15 is 0 Å². The van der Waals surface area contributed by atoms with Gasteiger partial charge in [0.25, 0.3) is 0 Å². The molecule has 114 valence electrons. The number of rotatable bonds is 6. The molecule has 0 aliphatic heterocycles. The average molecular weight is 317 g/mol. The van der Waals surface area contributed by atoms with Gasteiger partial charge in [0.15, 0.2) is 0 Å². The summed E-state index contributed by atoms with van der Waals surface area (Å²) in [6.45, 7) is 0. The van der Waals surface area contributed by atoms with E-state index < -0.39 is 11.9 Å². The lowest BCUT2D eigenvalue weighted by atomic mass is 10.1. The summed E-state index contributed by atoms with van der Waals surface area (Å²) < 4.78 is 0. The standard InChI is InChI=1S/C17H17ClN2O2/c18-14-9-5-4-6-12(14)10-11-15(21)20-16(17(19)22)13-7-2-1-3-8-13/h1-9,16H,10-11H2,(H2,19,22)(H,20,21). The lowest BCUT2D eigenvalue weighted by Crippen LogP contribution is -2.37. The van der Waals surface area contributed by atoms with Gasteiger partial charge in [-0.05, 0) is 23.6 Å². The number of aryl methyl sites for hydroxylation is 1. The van der Waals surface area contributed by atoms with Crippen molar-refractivity contribution >= 4 is 23.4 Å². The Morgan fingerprint density at radius 2 is 1.68 bits per heavy atom. The molecule has 5 heteroatoms. The van der Waals surface area contributed by atoms with Crippen LogP contribution in [-0.4, -0.2) is 11.8 Å². The van der Waals surface area contributed by atoms with Gasteiger partial charge < -0.3 is 11.1 Å². The normalized spacial score (nSPS) is 11.7. The van der Waals surface area contributed by atoms with Gasteiger partial charge in [-0.15, -0.1) is 0 Å². The first-order valence-electron chi connectivity index (χ1n) is 6.95. The smallest absolute Gasteiger partial charge is 0.244 e. The summed E-state index contributed by atoms with van der Waals surface area (Å²) in [5, 5.41) is 3.30. The molecule has 3 N–H and O–H groups in total. The van der Waals surface area contributed by atoms with E-state index in [9.17, 15) is 9.59 Å². The molecule has 0 spiro atoms. The van der Waals surface area contributed by atoms with E-state index in [1.807, 2.05) is 24.3 Å². The lowest BCUT2D eigenvalue weighted by molar-refractivity contribution is -0.127. The molecule has 0 saturated heterocycles. The monoisotopic (exact) mass is 316 g/mol. The maximum atomic E-state index is 12.1. The van der Waals surface area contributed by atoms with Crippen molar-refractivity contribution in [2.24, 2.45) is 5.73 Å². The number of halogens is 1. The van der Waals surface area contributed by atoms with Gasteiger partial charge in [0.2, 0.25) is 11.8 Å². The molecule has 0 aliphatic rings. The van der Waals surface area contributed by atoms with Gasteiger partial charge in [-0.3, -0.25) is 9.59 Å². The van der Waals surface area contributed by atoms with Gasteiger partial charge in [0, 0.05) is 11.4 Å². The van der Waals surface area contributed by atoms with Crippen molar-refractivity contribution in [1.82, 2.24) is 5.32 Å². The van der Waals surface area contributed by atoms with Crippen molar-refractivity contribution in [3.8, 4) is 0 Å². The SMILES string of the molecule is NC(=O)C(NC(=O)CCc1ccccc1Cl)c1ccccc1.